The molecule has 0 aliphatic heterocycles. The van der Waals surface area contributed by atoms with Crippen LogP contribution in [0.2, 0.25) is 0 Å². The highest BCUT2D eigenvalue weighted by atomic mass is 32.1. The van der Waals surface area contributed by atoms with Crippen LogP contribution in [-0.4, -0.2) is 5.78 Å². The zero-order valence-electron chi connectivity index (χ0n) is 8.31. The molecular formula is C12H8N2OS. The number of hydrogen-bond acceptors (Lipinski definition) is 4. The van der Waals surface area contributed by atoms with Crippen LogP contribution < -0.4 is 5.73 Å². The van der Waals surface area contributed by atoms with Gasteiger partial charge in [0.1, 0.15) is 11.1 Å². The van der Waals surface area contributed by atoms with Crippen molar-refractivity contribution in [2.75, 3.05) is 5.73 Å². The molecule has 16 heavy (non-hydrogen) atoms. The summed E-state index contributed by atoms with van der Waals surface area (Å²) >= 11 is 1.15. The molecule has 0 amide bonds. The van der Waals surface area contributed by atoms with E-state index in [1.54, 1.807) is 24.3 Å². The van der Waals surface area contributed by atoms with Crippen molar-refractivity contribution in [1.82, 2.24) is 0 Å². The topological polar surface area (TPSA) is 66.9 Å². The van der Waals surface area contributed by atoms with E-state index in [9.17, 15) is 4.79 Å². The van der Waals surface area contributed by atoms with E-state index in [1.165, 1.54) is 6.07 Å². The molecule has 1 aromatic heterocycles. The number of carbonyl (C=O) groups is 1. The van der Waals surface area contributed by atoms with Gasteiger partial charge in [-0.15, -0.1) is 11.3 Å². The molecule has 0 radical (unpaired) electrons. The molecule has 0 spiro atoms. The molecule has 0 saturated carbocycles. The summed E-state index contributed by atoms with van der Waals surface area (Å²) in [5.74, 6) is -0.0983. The van der Waals surface area contributed by atoms with Gasteiger partial charge in [0.05, 0.1) is 10.4 Å². The summed E-state index contributed by atoms with van der Waals surface area (Å²) in [5.41, 5.74) is 6.58. The summed E-state index contributed by atoms with van der Waals surface area (Å²) in [4.78, 5) is 12.5. The van der Waals surface area contributed by atoms with Crippen LogP contribution in [0.25, 0.3) is 0 Å². The molecule has 2 rings (SSSR count). The Morgan fingerprint density at radius 2 is 2.00 bits per heavy atom. The second kappa shape index (κ2) is 4.17. The van der Waals surface area contributed by atoms with Gasteiger partial charge in [-0.3, -0.25) is 4.79 Å². The Kier molecular flexibility index (Phi) is 2.71. The number of nitriles is 1. The zero-order valence-corrected chi connectivity index (χ0v) is 9.12. The lowest BCUT2D eigenvalue weighted by Gasteiger charge is -1.95. The lowest BCUT2D eigenvalue weighted by Crippen LogP contribution is -1.97. The lowest BCUT2D eigenvalue weighted by atomic mass is 10.1. The summed E-state index contributed by atoms with van der Waals surface area (Å²) in [7, 11) is 0. The molecule has 0 aliphatic rings. The second-order valence-corrected chi connectivity index (χ2v) is 4.28. The van der Waals surface area contributed by atoms with E-state index in [0.29, 0.717) is 21.0 Å². The molecule has 0 fully saturated rings. The van der Waals surface area contributed by atoms with Crippen molar-refractivity contribution in [3.05, 3.63) is 52.4 Å². The Labute approximate surface area is 96.8 Å². The summed E-state index contributed by atoms with van der Waals surface area (Å²) in [6.07, 6.45) is 0. The molecule has 0 aliphatic carbocycles. The van der Waals surface area contributed by atoms with Gasteiger partial charge in [0.25, 0.3) is 0 Å². The van der Waals surface area contributed by atoms with Crippen LogP contribution >= 0.6 is 11.3 Å². The van der Waals surface area contributed by atoms with E-state index in [0.717, 1.165) is 11.3 Å². The van der Waals surface area contributed by atoms with Crippen molar-refractivity contribution in [1.29, 1.82) is 5.26 Å². The highest BCUT2D eigenvalue weighted by molar-refractivity contribution is 7.18. The van der Waals surface area contributed by atoms with Gasteiger partial charge in [0.15, 0.2) is 0 Å². The van der Waals surface area contributed by atoms with Gasteiger partial charge < -0.3 is 5.73 Å². The highest BCUT2D eigenvalue weighted by Crippen LogP contribution is 2.26. The van der Waals surface area contributed by atoms with Crippen LogP contribution in [0.3, 0.4) is 0 Å². The molecule has 1 aromatic carbocycles. The largest absolute Gasteiger partial charge is 0.389 e. The average Bonchev–Trinajstić information content (AvgIpc) is 2.71. The monoisotopic (exact) mass is 228 g/mol. The number of nitrogen functional groups attached to an aromatic ring is 1. The Balaban J connectivity index is 2.39. The second-order valence-electron chi connectivity index (χ2n) is 3.20. The average molecular weight is 228 g/mol. The van der Waals surface area contributed by atoms with E-state index in [2.05, 4.69) is 0 Å². The molecule has 0 saturated heterocycles. The quantitative estimate of drug-likeness (QED) is 0.803. The van der Waals surface area contributed by atoms with Crippen molar-refractivity contribution < 1.29 is 4.79 Å². The first-order valence-electron chi connectivity index (χ1n) is 4.61. The summed E-state index contributed by atoms with van der Waals surface area (Å²) < 4.78 is 0. The minimum Gasteiger partial charge on any atom is -0.389 e. The number of nitrogens with two attached hydrogens (primary N) is 1. The molecule has 3 nitrogen and oxygen atoms in total. The van der Waals surface area contributed by atoms with Gasteiger partial charge >= 0.3 is 0 Å². The molecule has 2 aromatic rings. The maximum atomic E-state index is 12.0. The lowest BCUT2D eigenvalue weighted by molar-refractivity contribution is 0.104. The summed E-state index contributed by atoms with van der Waals surface area (Å²) in [6, 6.07) is 12.4. The fraction of sp³-hybridized carbons (Fsp3) is 0. The number of anilines is 1. The zero-order chi connectivity index (χ0) is 11.5. The summed E-state index contributed by atoms with van der Waals surface area (Å²) in [6.45, 7) is 0. The summed E-state index contributed by atoms with van der Waals surface area (Å²) in [5, 5.41) is 9.14. The normalized spacial score (nSPS) is 9.69. The maximum Gasteiger partial charge on any atom is 0.203 e. The van der Waals surface area contributed by atoms with Crippen LogP contribution in [0.1, 0.15) is 20.8 Å². The van der Waals surface area contributed by atoms with E-state index in [-0.39, 0.29) is 5.78 Å². The SMILES string of the molecule is N#Cc1cc(C(=O)c2ccccc2)sc1N. The fourth-order valence-electron chi connectivity index (χ4n) is 1.34. The number of ketones is 1. The van der Waals surface area contributed by atoms with Crippen molar-refractivity contribution in [2.24, 2.45) is 0 Å². The van der Waals surface area contributed by atoms with Crippen LogP contribution in [0, 0.1) is 11.3 Å². The van der Waals surface area contributed by atoms with Crippen LogP contribution in [-0.2, 0) is 0 Å². The van der Waals surface area contributed by atoms with Gasteiger partial charge in [-0.25, -0.2) is 0 Å². The Bertz CT molecular complexity index is 566. The van der Waals surface area contributed by atoms with E-state index < -0.39 is 0 Å². The van der Waals surface area contributed by atoms with Crippen molar-refractivity contribution in [3.8, 4) is 6.07 Å². The molecule has 0 atom stereocenters. The fourth-order valence-corrected chi connectivity index (χ4v) is 2.17. The molecule has 78 valence electrons. The van der Waals surface area contributed by atoms with Gasteiger partial charge in [-0.1, -0.05) is 30.3 Å². The van der Waals surface area contributed by atoms with Gasteiger partial charge in [0.2, 0.25) is 5.78 Å². The number of nitrogens with zero attached hydrogens (tertiary/aromatic N) is 1. The van der Waals surface area contributed by atoms with Gasteiger partial charge in [0, 0.05) is 5.56 Å². The molecule has 0 bridgehead atoms. The van der Waals surface area contributed by atoms with E-state index in [4.69, 9.17) is 11.0 Å². The molecule has 0 unspecified atom stereocenters. The molecule has 4 heteroatoms. The number of thiophene rings is 1. The first kappa shape index (κ1) is 10.4. The Morgan fingerprint density at radius 1 is 1.31 bits per heavy atom. The van der Waals surface area contributed by atoms with Crippen LogP contribution in [0.15, 0.2) is 36.4 Å². The number of carbonyl (C=O) groups excluding carboxylic acids is 1. The number of rotatable bonds is 2. The Hall–Kier alpha value is -2.12. The highest BCUT2D eigenvalue weighted by Gasteiger charge is 2.14. The first-order valence-corrected chi connectivity index (χ1v) is 5.43. The van der Waals surface area contributed by atoms with Crippen molar-refractivity contribution >= 4 is 22.1 Å². The molecule has 1 heterocycles. The van der Waals surface area contributed by atoms with E-state index in [1.807, 2.05) is 12.1 Å². The predicted molar refractivity (Wildman–Crippen MR) is 63.3 cm³/mol. The van der Waals surface area contributed by atoms with Crippen molar-refractivity contribution in [2.45, 2.75) is 0 Å². The van der Waals surface area contributed by atoms with Crippen LogP contribution in [0.4, 0.5) is 5.00 Å². The maximum absolute atomic E-state index is 12.0. The smallest absolute Gasteiger partial charge is 0.203 e. The molecular weight excluding hydrogens is 220 g/mol. The third-order valence-electron chi connectivity index (χ3n) is 2.14. The third kappa shape index (κ3) is 1.81. The number of hydrogen-bond donors (Lipinski definition) is 1. The van der Waals surface area contributed by atoms with Gasteiger partial charge in [-0.2, -0.15) is 5.26 Å². The number of benzene rings is 1. The van der Waals surface area contributed by atoms with Gasteiger partial charge in [-0.05, 0) is 6.07 Å². The van der Waals surface area contributed by atoms with Crippen molar-refractivity contribution in [3.63, 3.8) is 0 Å². The third-order valence-corrected chi connectivity index (χ3v) is 3.10. The molecule has 2 N–H and O–H groups in total. The standard InChI is InChI=1S/C12H8N2OS/c13-7-9-6-10(16-12(9)14)11(15)8-4-2-1-3-5-8/h1-6H,14H2. The predicted octanol–water partition coefficient (Wildman–Crippen LogP) is 2.43. The van der Waals surface area contributed by atoms with E-state index >= 15 is 0 Å². The minimum absolute atomic E-state index is 0.0983. The Morgan fingerprint density at radius 3 is 2.56 bits per heavy atom. The first-order chi connectivity index (χ1) is 7.72. The van der Waals surface area contributed by atoms with Crippen LogP contribution in [0.5, 0.6) is 0 Å². The minimum atomic E-state index is -0.0983.